The Labute approximate surface area is 89.5 Å². The van der Waals surface area contributed by atoms with Crippen molar-refractivity contribution in [3.63, 3.8) is 0 Å². The Kier molecular flexibility index (Phi) is 4.97. The maximum absolute atomic E-state index is 11.5. The Morgan fingerprint density at radius 2 is 1.93 bits per heavy atom. The van der Waals surface area contributed by atoms with Gasteiger partial charge in [-0.05, 0) is 0 Å². The second-order valence-corrected chi connectivity index (χ2v) is 4.57. The third-order valence-corrected chi connectivity index (χ3v) is 2.10. The highest BCUT2D eigenvalue weighted by Gasteiger charge is 2.24. The molecule has 1 atom stereocenters. The molecule has 0 aliphatic heterocycles. The summed E-state index contributed by atoms with van der Waals surface area (Å²) in [5.41, 5.74) is -0.500. The van der Waals surface area contributed by atoms with Crippen molar-refractivity contribution in [3.05, 3.63) is 0 Å². The van der Waals surface area contributed by atoms with Crippen LogP contribution < -0.4 is 5.32 Å². The van der Waals surface area contributed by atoms with Crippen LogP contribution in [0.4, 0.5) is 0 Å². The lowest BCUT2D eigenvalue weighted by molar-refractivity contribution is -0.137. The quantitative estimate of drug-likeness (QED) is 0.616. The molecule has 4 nitrogen and oxygen atoms in total. The molecule has 0 aromatic heterocycles. The van der Waals surface area contributed by atoms with Crippen LogP contribution >= 0.6 is 12.6 Å². The summed E-state index contributed by atoms with van der Waals surface area (Å²) in [5.74, 6) is -0.759. The zero-order valence-electron chi connectivity index (χ0n) is 8.70. The lowest BCUT2D eigenvalue weighted by atomic mass is 9.95. The van der Waals surface area contributed by atoms with Gasteiger partial charge in [-0.1, -0.05) is 20.8 Å². The number of carboxylic acid groups (broad SMARTS) is 1. The average Bonchev–Trinajstić information content (AvgIpc) is 2.00. The molecule has 2 N–H and O–H groups in total. The summed E-state index contributed by atoms with van der Waals surface area (Å²) < 4.78 is 0. The van der Waals surface area contributed by atoms with Crippen LogP contribution in [0.1, 0.15) is 27.2 Å². The highest BCUT2D eigenvalue weighted by molar-refractivity contribution is 7.80. The number of hydrogen-bond acceptors (Lipinski definition) is 3. The van der Waals surface area contributed by atoms with Crippen LogP contribution in [-0.4, -0.2) is 28.8 Å². The van der Waals surface area contributed by atoms with Crippen molar-refractivity contribution in [1.29, 1.82) is 0 Å². The molecular formula is C9H17NO3S. The van der Waals surface area contributed by atoms with Crippen LogP contribution in [0.2, 0.25) is 0 Å². The summed E-state index contributed by atoms with van der Waals surface area (Å²) in [6, 6.07) is -0.400. The van der Waals surface area contributed by atoms with Crippen molar-refractivity contribution in [2.24, 2.45) is 5.41 Å². The number of carboxylic acids is 1. The number of rotatable bonds is 4. The van der Waals surface area contributed by atoms with Crippen LogP contribution in [0.3, 0.4) is 0 Å². The molecular weight excluding hydrogens is 202 g/mol. The number of amides is 1. The fourth-order valence-corrected chi connectivity index (χ4v) is 0.994. The van der Waals surface area contributed by atoms with E-state index in [1.165, 1.54) is 0 Å². The predicted molar refractivity (Wildman–Crippen MR) is 57.5 cm³/mol. The summed E-state index contributed by atoms with van der Waals surface area (Å²) in [4.78, 5) is 21.9. The molecule has 0 spiro atoms. The first-order chi connectivity index (χ1) is 6.27. The van der Waals surface area contributed by atoms with Gasteiger partial charge in [-0.15, -0.1) is 0 Å². The SMILES string of the molecule is CC(C)(C)C(=O)NC(CS)CC(=O)O. The topological polar surface area (TPSA) is 66.4 Å². The zero-order valence-corrected chi connectivity index (χ0v) is 9.60. The van der Waals surface area contributed by atoms with Crippen LogP contribution in [-0.2, 0) is 9.59 Å². The van der Waals surface area contributed by atoms with Gasteiger partial charge in [0.15, 0.2) is 0 Å². The van der Waals surface area contributed by atoms with Crippen molar-refractivity contribution in [2.45, 2.75) is 33.2 Å². The molecule has 0 aromatic rings. The Morgan fingerprint density at radius 1 is 1.43 bits per heavy atom. The van der Waals surface area contributed by atoms with E-state index >= 15 is 0 Å². The second-order valence-electron chi connectivity index (χ2n) is 4.20. The Hall–Kier alpha value is -0.710. The van der Waals surface area contributed by atoms with Crippen molar-refractivity contribution >= 4 is 24.5 Å². The molecule has 82 valence electrons. The van der Waals surface area contributed by atoms with Crippen LogP contribution in [0, 0.1) is 5.41 Å². The molecule has 0 saturated heterocycles. The third-order valence-electron chi connectivity index (χ3n) is 1.66. The van der Waals surface area contributed by atoms with Gasteiger partial charge >= 0.3 is 5.97 Å². The summed E-state index contributed by atoms with van der Waals surface area (Å²) in [6.07, 6.45) is -0.0919. The summed E-state index contributed by atoms with van der Waals surface area (Å²) in [5, 5.41) is 11.2. The number of thiol groups is 1. The molecule has 0 aromatic carbocycles. The maximum atomic E-state index is 11.5. The lowest BCUT2D eigenvalue weighted by Gasteiger charge is -2.22. The number of hydrogen-bond donors (Lipinski definition) is 3. The molecule has 0 saturated carbocycles. The normalized spacial score (nSPS) is 13.4. The largest absolute Gasteiger partial charge is 0.481 e. The number of aliphatic carboxylic acids is 1. The second kappa shape index (κ2) is 5.24. The van der Waals surface area contributed by atoms with Gasteiger partial charge in [-0.25, -0.2) is 0 Å². The Bertz CT molecular complexity index is 223. The fourth-order valence-electron chi connectivity index (χ4n) is 0.774. The highest BCUT2D eigenvalue weighted by atomic mass is 32.1. The van der Waals surface area contributed by atoms with E-state index in [1.54, 1.807) is 20.8 Å². The Balaban J connectivity index is 4.19. The van der Waals surface area contributed by atoms with E-state index < -0.39 is 17.4 Å². The smallest absolute Gasteiger partial charge is 0.305 e. The molecule has 0 aliphatic carbocycles. The van der Waals surface area contributed by atoms with Gasteiger partial charge in [0, 0.05) is 17.2 Å². The lowest BCUT2D eigenvalue weighted by Crippen LogP contribution is -2.43. The summed E-state index contributed by atoms with van der Waals surface area (Å²) in [7, 11) is 0. The van der Waals surface area contributed by atoms with E-state index in [2.05, 4.69) is 17.9 Å². The van der Waals surface area contributed by atoms with Crippen molar-refractivity contribution in [2.75, 3.05) is 5.75 Å². The van der Waals surface area contributed by atoms with Crippen LogP contribution in [0.15, 0.2) is 0 Å². The van der Waals surface area contributed by atoms with Crippen LogP contribution in [0.25, 0.3) is 0 Å². The first-order valence-electron chi connectivity index (χ1n) is 4.41. The number of carbonyl (C=O) groups is 2. The maximum Gasteiger partial charge on any atom is 0.305 e. The Morgan fingerprint density at radius 3 is 2.21 bits per heavy atom. The molecule has 0 bridgehead atoms. The van der Waals surface area contributed by atoms with Gasteiger partial charge in [0.05, 0.1) is 6.42 Å². The van der Waals surface area contributed by atoms with E-state index in [0.717, 1.165) is 0 Å². The van der Waals surface area contributed by atoms with Crippen molar-refractivity contribution < 1.29 is 14.7 Å². The van der Waals surface area contributed by atoms with E-state index in [1.807, 2.05) is 0 Å². The number of nitrogens with one attached hydrogen (secondary N) is 1. The van der Waals surface area contributed by atoms with Gasteiger partial charge in [-0.3, -0.25) is 9.59 Å². The first-order valence-corrected chi connectivity index (χ1v) is 5.04. The predicted octanol–water partition coefficient (Wildman–Crippen LogP) is 0.922. The zero-order chi connectivity index (χ0) is 11.4. The number of carbonyl (C=O) groups excluding carboxylic acids is 1. The molecule has 14 heavy (non-hydrogen) atoms. The van der Waals surface area contributed by atoms with Gasteiger partial charge in [-0.2, -0.15) is 12.6 Å². The fraction of sp³-hybridized carbons (Fsp3) is 0.778. The molecule has 5 heteroatoms. The van der Waals surface area contributed by atoms with Gasteiger partial charge < -0.3 is 10.4 Å². The van der Waals surface area contributed by atoms with E-state index in [4.69, 9.17) is 5.11 Å². The van der Waals surface area contributed by atoms with Gasteiger partial charge in [0.2, 0.25) is 5.91 Å². The molecule has 0 rings (SSSR count). The highest BCUT2D eigenvalue weighted by Crippen LogP contribution is 2.13. The average molecular weight is 219 g/mol. The minimum atomic E-state index is -0.932. The minimum absolute atomic E-state index is 0.0919. The van der Waals surface area contributed by atoms with E-state index in [-0.39, 0.29) is 12.3 Å². The molecule has 0 heterocycles. The first kappa shape index (κ1) is 13.3. The van der Waals surface area contributed by atoms with Crippen molar-refractivity contribution in [1.82, 2.24) is 5.32 Å². The summed E-state index contributed by atoms with van der Waals surface area (Å²) in [6.45, 7) is 5.33. The van der Waals surface area contributed by atoms with Crippen molar-refractivity contribution in [3.8, 4) is 0 Å². The molecule has 0 aliphatic rings. The van der Waals surface area contributed by atoms with E-state index in [9.17, 15) is 9.59 Å². The van der Waals surface area contributed by atoms with Gasteiger partial charge in [0.25, 0.3) is 0 Å². The van der Waals surface area contributed by atoms with Crippen LogP contribution in [0.5, 0.6) is 0 Å². The molecule has 1 amide bonds. The summed E-state index contributed by atoms with van der Waals surface area (Å²) >= 11 is 3.98. The molecule has 0 radical (unpaired) electrons. The van der Waals surface area contributed by atoms with Gasteiger partial charge in [0.1, 0.15) is 0 Å². The standard InChI is InChI=1S/C9H17NO3S/c1-9(2,3)8(13)10-6(5-14)4-7(11)12/h6,14H,4-5H2,1-3H3,(H,10,13)(H,11,12). The third kappa shape index (κ3) is 5.11. The monoisotopic (exact) mass is 219 g/mol. The molecule has 1 unspecified atom stereocenters. The molecule has 0 fully saturated rings. The minimum Gasteiger partial charge on any atom is -0.481 e. The van der Waals surface area contributed by atoms with E-state index in [0.29, 0.717) is 5.75 Å².